The Morgan fingerprint density at radius 3 is 2.81 bits per heavy atom. The van der Waals surface area contributed by atoms with E-state index in [4.69, 9.17) is 0 Å². The van der Waals surface area contributed by atoms with Crippen LogP contribution in [-0.2, 0) is 0 Å². The predicted octanol–water partition coefficient (Wildman–Crippen LogP) is 3.30. The Hall–Kier alpha value is -1.87. The number of carbonyl (C=O) groups excluding carboxylic acids is 1. The van der Waals surface area contributed by atoms with Crippen LogP contribution in [-0.4, -0.2) is 22.6 Å². The van der Waals surface area contributed by atoms with Gasteiger partial charge in [0.1, 0.15) is 5.03 Å². The molecule has 0 saturated carbocycles. The van der Waals surface area contributed by atoms with Gasteiger partial charge in [-0.1, -0.05) is 0 Å². The molecule has 2 N–H and O–H groups in total. The quantitative estimate of drug-likeness (QED) is 0.751. The van der Waals surface area contributed by atoms with Gasteiger partial charge in [0.15, 0.2) is 16.6 Å². The van der Waals surface area contributed by atoms with Gasteiger partial charge in [-0.05, 0) is 24.6 Å². The molecule has 21 heavy (non-hydrogen) atoms. The highest BCUT2D eigenvalue weighted by molar-refractivity contribution is 7.80. The van der Waals surface area contributed by atoms with Crippen molar-refractivity contribution in [1.82, 2.24) is 4.98 Å². The van der Waals surface area contributed by atoms with Crippen molar-refractivity contribution in [3.8, 4) is 11.5 Å². The maximum absolute atomic E-state index is 12.2. The Morgan fingerprint density at radius 2 is 2.24 bits per heavy atom. The Labute approximate surface area is 128 Å². The lowest BCUT2D eigenvalue weighted by molar-refractivity contribution is -0.0513. The first-order valence-electron chi connectivity index (χ1n) is 5.61. The number of hydrogen-bond donors (Lipinski definition) is 3. The summed E-state index contributed by atoms with van der Waals surface area (Å²) in [6, 6.07) is 2.24. The van der Waals surface area contributed by atoms with Crippen molar-refractivity contribution < 1.29 is 23.4 Å². The molecule has 112 valence electrons. The molecular formula is C12H10F2N2O3S2. The first-order valence-corrected chi connectivity index (χ1v) is 6.93. The number of aromatic nitrogens is 1. The summed E-state index contributed by atoms with van der Waals surface area (Å²) in [4.78, 5) is 16.0. The number of anilines is 1. The van der Waals surface area contributed by atoms with E-state index in [9.17, 15) is 18.7 Å². The summed E-state index contributed by atoms with van der Waals surface area (Å²) in [6.45, 7) is -1.53. The van der Waals surface area contributed by atoms with E-state index in [1.165, 1.54) is 17.4 Å². The number of amides is 1. The van der Waals surface area contributed by atoms with Crippen LogP contribution in [0.5, 0.6) is 11.5 Å². The average Bonchev–Trinajstić information content (AvgIpc) is 2.77. The monoisotopic (exact) mass is 332 g/mol. The molecule has 1 aromatic carbocycles. The molecule has 0 spiro atoms. The number of thiazole rings is 1. The van der Waals surface area contributed by atoms with Gasteiger partial charge in [-0.25, -0.2) is 4.98 Å². The molecule has 1 aromatic heterocycles. The van der Waals surface area contributed by atoms with Crippen molar-refractivity contribution in [2.45, 2.75) is 18.6 Å². The molecular weight excluding hydrogens is 322 g/mol. The van der Waals surface area contributed by atoms with Crippen LogP contribution in [0.2, 0.25) is 0 Å². The highest BCUT2D eigenvalue weighted by Crippen LogP contribution is 2.31. The molecule has 0 atom stereocenters. The second-order valence-corrected chi connectivity index (χ2v) is 5.29. The van der Waals surface area contributed by atoms with Crippen LogP contribution >= 0.6 is 24.0 Å². The number of rotatable bonds is 4. The van der Waals surface area contributed by atoms with Crippen LogP contribution in [0.3, 0.4) is 0 Å². The molecule has 2 rings (SSSR count). The highest BCUT2D eigenvalue weighted by Gasteiger charge is 2.17. The fraction of sp³-hybridized carbons (Fsp3) is 0.167. The van der Waals surface area contributed by atoms with Crippen molar-refractivity contribution in [2.75, 3.05) is 5.32 Å². The zero-order valence-electron chi connectivity index (χ0n) is 10.6. The lowest BCUT2D eigenvalue weighted by Gasteiger charge is -2.11. The van der Waals surface area contributed by atoms with Gasteiger partial charge in [0.2, 0.25) is 0 Å². The normalized spacial score (nSPS) is 10.7. The first-order chi connectivity index (χ1) is 9.86. The number of thiol groups is 1. The average molecular weight is 332 g/mol. The Morgan fingerprint density at radius 1 is 1.52 bits per heavy atom. The maximum Gasteiger partial charge on any atom is 0.387 e. The van der Waals surface area contributed by atoms with Gasteiger partial charge in [-0.2, -0.15) is 8.78 Å². The number of carbonyl (C=O) groups is 1. The van der Waals surface area contributed by atoms with E-state index in [0.29, 0.717) is 15.7 Å². The summed E-state index contributed by atoms with van der Waals surface area (Å²) in [6.07, 6.45) is 0. The van der Waals surface area contributed by atoms with Gasteiger partial charge in [0.05, 0.1) is 0 Å². The molecule has 0 bridgehead atoms. The van der Waals surface area contributed by atoms with Gasteiger partial charge >= 0.3 is 6.61 Å². The third kappa shape index (κ3) is 3.82. The summed E-state index contributed by atoms with van der Waals surface area (Å²) in [5.74, 6) is -1.47. The zero-order chi connectivity index (χ0) is 15.6. The Kier molecular flexibility index (Phi) is 4.63. The fourth-order valence-corrected chi connectivity index (χ4v) is 2.49. The molecule has 0 radical (unpaired) electrons. The summed E-state index contributed by atoms with van der Waals surface area (Å²) in [5.41, 5.74) is 0.508. The van der Waals surface area contributed by atoms with Crippen LogP contribution in [0.15, 0.2) is 22.5 Å². The third-order valence-corrected chi connectivity index (χ3v) is 3.64. The number of phenols is 1. The summed E-state index contributed by atoms with van der Waals surface area (Å²) < 4.78 is 28.6. The number of aromatic hydroxyl groups is 1. The molecule has 0 fully saturated rings. The van der Waals surface area contributed by atoms with E-state index in [0.717, 1.165) is 6.07 Å². The standard InChI is InChI=1S/C12H10F2N2O3S2/c1-5-2-7(17)8(19-11(13)14)3-6(5)10(18)16-12-15-9(20)4-21-12/h2-4,11,17,20H,1H3,(H,15,16,18). The van der Waals surface area contributed by atoms with Gasteiger partial charge in [0, 0.05) is 10.9 Å². The Balaban J connectivity index is 2.27. The van der Waals surface area contributed by atoms with Crippen molar-refractivity contribution in [3.05, 3.63) is 28.6 Å². The molecule has 0 unspecified atom stereocenters. The smallest absolute Gasteiger partial charge is 0.387 e. The van der Waals surface area contributed by atoms with Crippen LogP contribution in [0, 0.1) is 6.92 Å². The number of alkyl halides is 2. The van der Waals surface area contributed by atoms with Gasteiger partial charge in [-0.3, -0.25) is 10.1 Å². The second kappa shape index (κ2) is 6.27. The van der Waals surface area contributed by atoms with Gasteiger partial charge < -0.3 is 9.84 Å². The number of aryl methyl sites for hydroxylation is 1. The lowest BCUT2D eigenvalue weighted by atomic mass is 10.1. The van der Waals surface area contributed by atoms with Crippen LogP contribution in [0.25, 0.3) is 0 Å². The third-order valence-electron chi connectivity index (χ3n) is 2.48. The predicted molar refractivity (Wildman–Crippen MR) is 76.8 cm³/mol. The number of ether oxygens (including phenoxy) is 1. The van der Waals surface area contributed by atoms with Crippen molar-refractivity contribution >= 4 is 35.0 Å². The maximum atomic E-state index is 12.2. The van der Waals surface area contributed by atoms with E-state index in [-0.39, 0.29) is 5.56 Å². The number of nitrogens with one attached hydrogen (secondary N) is 1. The van der Waals surface area contributed by atoms with E-state index in [1.807, 2.05) is 0 Å². The van der Waals surface area contributed by atoms with Crippen molar-refractivity contribution in [3.63, 3.8) is 0 Å². The topological polar surface area (TPSA) is 71.5 Å². The van der Waals surface area contributed by atoms with Crippen molar-refractivity contribution in [2.24, 2.45) is 0 Å². The molecule has 1 heterocycles. The van der Waals surface area contributed by atoms with Gasteiger partial charge in [0.25, 0.3) is 5.91 Å². The van der Waals surface area contributed by atoms with Crippen LogP contribution in [0.4, 0.5) is 13.9 Å². The number of phenolic OH excluding ortho intramolecular Hbond substituents is 1. The molecule has 0 aliphatic rings. The summed E-state index contributed by atoms with van der Waals surface area (Å²) in [7, 11) is 0. The SMILES string of the molecule is Cc1cc(O)c(OC(F)F)cc1C(=O)Nc1nc(S)cs1. The molecule has 9 heteroatoms. The zero-order valence-corrected chi connectivity index (χ0v) is 12.3. The molecule has 0 saturated heterocycles. The first kappa shape index (κ1) is 15.5. The molecule has 5 nitrogen and oxygen atoms in total. The fourth-order valence-electron chi connectivity index (χ4n) is 1.59. The van der Waals surface area contributed by atoms with Crippen LogP contribution in [0.1, 0.15) is 15.9 Å². The lowest BCUT2D eigenvalue weighted by Crippen LogP contribution is -2.14. The number of hydrogen-bond acceptors (Lipinski definition) is 6. The number of benzene rings is 1. The van der Waals surface area contributed by atoms with E-state index >= 15 is 0 Å². The van der Waals surface area contributed by atoms with Crippen molar-refractivity contribution in [1.29, 1.82) is 0 Å². The molecule has 0 aliphatic heterocycles. The molecule has 2 aromatic rings. The van der Waals surface area contributed by atoms with E-state index < -0.39 is 24.0 Å². The minimum absolute atomic E-state index is 0.0966. The second-order valence-electron chi connectivity index (χ2n) is 3.98. The van der Waals surface area contributed by atoms with Crippen LogP contribution < -0.4 is 10.1 Å². The highest BCUT2D eigenvalue weighted by atomic mass is 32.1. The minimum atomic E-state index is -3.10. The van der Waals surface area contributed by atoms with E-state index in [2.05, 4.69) is 27.7 Å². The minimum Gasteiger partial charge on any atom is -0.504 e. The largest absolute Gasteiger partial charge is 0.504 e. The summed E-state index contributed by atoms with van der Waals surface area (Å²) >= 11 is 5.19. The summed E-state index contributed by atoms with van der Waals surface area (Å²) in [5, 5.41) is 14.5. The number of halogens is 2. The van der Waals surface area contributed by atoms with E-state index in [1.54, 1.807) is 12.3 Å². The molecule has 0 aliphatic carbocycles. The molecule has 1 amide bonds. The number of nitrogens with zero attached hydrogens (tertiary/aromatic N) is 1. The Bertz CT molecular complexity index is 677. The van der Waals surface area contributed by atoms with Gasteiger partial charge in [-0.15, -0.1) is 24.0 Å².